The second-order valence-electron chi connectivity index (χ2n) is 4.48. The van der Waals surface area contributed by atoms with Crippen molar-refractivity contribution in [1.29, 1.82) is 0 Å². The van der Waals surface area contributed by atoms with Gasteiger partial charge in [-0.05, 0) is 19.5 Å². The summed E-state index contributed by atoms with van der Waals surface area (Å²) >= 11 is 0. The molecule has 2 rings (SSSR count). The summed E-state index contributed by atoms with van der Waals surface area (Å²) in [7, 11) is -2.51. The first-order valence-corrected chi connectivity index (χ1v) is 7.42. The Balaban J connectivity index is 2.48. The number of benzene rings is 1. The van der Waals surface area contributed by atoms with Gasteiger partial charge in [-0.1, -0.05) is 6.07 Å². The van der Waals surface area contributed by atoms with Gasteiger partial charge < -0.3 is 5.32 Å². The lowest BCUT2D eigenvalue weighted by Crippen LogP contribution is -2.34. The molecule has 1 aliphatic heterocycles. The summed E-state index contributed by atoms with van der Waals surface area (Å²) in [6.45, 7) is 0.379. The van der Waals surface area contributed by atoms with Gasteiger partial charge in [0.05, 0.1) is 4.92 Å². The maximum absolute atomic E-state index is 13.8. The summed E-state index contributed by atoms with van der Waals surface area (Å²) < 4.78 is 39.7. The highest BCUT2D eigenvalue weighted by Gasteiger charge is 2.38. The Morgan fingerprint density at radius 2 is 2.20 bits per heavy atom. The minimum Gasteiger partial charge on any atom is -0.316 e. The van der Waals surface area contributed by atoms with Crippen LogP contribution in [0.4, 0.5) is 10.1 Å². The second kappa shape index (κ2) is 5.43. The van der Waals surface area contributed by atoms with Crippen molar-refractivity contribution in [2.75, 3.05) is 20.1 Å². The Kier molecular flexibility index (Phi) is 4.02. The molecule has 7 nitrogen and oxygen atoms in total. The number of nitrogens with one attached hydrogen (secondary N) is 1. The minimum atomic E-state index is -4.21. The van der Waals surface area contributed by atoms with E-state index in [1.807, 2.05) is 0 Å². The monoisotopic (exact) mass is 303 g/mol. The molecule has 1 N–H and O–H groups in total. The SMILES string of the molecule is CNC1CCN(S(=O)(=O)c2c(F)cccc2[N+](=O)[O-])C1. The highest BCUT2D eigenvalue weighted by molar-refractivity contribution is 7.89. The van der Waals surface area contributed by atoms with E-state index in [9.17, 15) is 22.9 Å². The summed E-state index contributed by atoms with van der Waals surface area (Å²) in [5.74, 6) is -1.10. The minimum absolute atomic E-state index is 0.0318. The van der Waals surface area contributed by atoms with Crippen LogP contribution in [0.2, 0.25) is 0 Å². The number of nitro benzene ring substituents is 1. The van der Waals surface area contributed by atoms with Gasteiger partial charge in [-0.2, -0.15) is 4.31 Å². The van der Waals surface area contributed by atoms with Crippen molar-refractivity contribution in [1.82, 2.24) is 9.62 Å². The van der Waals surface area contributed by atoms with Gasteiger partial charge in [0, 0.05) is 25.2 Å². The van der Waals surface area contributed by atoms with Crippen LogP contribution in [0.1, 0.15) is 6.42 Å². The molecule has 1 fully saturated rings. The normalized spacial score (nSPS) is 20.2. The zero-order valence-electron chi connectivity index (χ0n) is 10.7. The maximum atomic E-state index is 13.8. The van der Waals surface area contributed by atoms with E-state index in [1.54, 1.807) is 7.05 Å². The first-order chi connectivity index (χ1) is 9.37. The van der Waals surface area contributed by atoms with Gasteiger partial charge in [-0.15, -0.1) is 0 Å². The highest BCUT2D eigenvalue weighted by atomic mass is 32.2. The van der Waals surface area contributed by atoms with E-state index >= 15 is 0 Å². The smallest absolute Gasteiger partial charge is 0.292 e. The Morgan fingerprint density at radius 3 is 2.75 bits per heavy atom. The lowest BCUT2D eigenvalue weighted by Gasteiger charge is -2.16. The molecule has 0 bridgehead atoms. The van der Waals surface area contributed by atoms with Crippen LogP contribution in [0.25, 0.3) is 0 Å². The number of nitrogens with zero attached hydrogens (tertiary/aromatic N) is 2. The molecule has 20 heavy (non-hydrogen) atoms. The summed E-state index contributed by atoms with van der Waals surface area (Å²) in [5, 5.41) is 13.8. The van der Waals surface area contributed by atoms with Gasteiger partial charge in [0.15, 0.2) is 4.90 Å². The third kappa shape index (κ3) is 2.51. The van der Waals surface area contributed by atoms with E-state index in [2.05, 4.69) is 5.32 Å². The molecule has 0 amide bonds. The lowest BCUT2D eigenvalue weighted by atomic mass is 10.3. The van der Waals surface area contributed by atoms with Gasteiger partial charge >= 0.3 is 0 Å². The summed E-state index contributed by atoms with van der Waals surface area (Å²) in [5.41, 5.74) is -0.738. The van der Waals surface area contributed by atoms with Crippen molar-refractivity contribution in [2.45, 2.75) is 17.4 Å². The van der Waals surface area contributed by atoms with E-state index in [4.69, 9.17) is 0 Å². The molecule has 1 aromatic rings. The fourth-order valence-electron chi connectivity index (χ4n) is 2.21. The zero-order valence-corrected chi connectivity index (χ0v) is 11.6. The van der Waals surface area contributed by atoms with E-state index in [0.29, 0.717) is 6.42 Å². The number of sulfonamides is 1. The van der Waals surface area contributed by atoms with Gasteiger partial charge in [-0.3, -0.25) is 10.1 Å². The number of likely N-dealkylation sites (N-methyl/N-ethyl adjacent to an activating group) is 1. The van der Waals surface area contributed by atoms with Crippen molar-refractivity contribution >= 4 is 15.7 Å². The van der Waals surface area contributed by atoms with E-state index in [-0.39, 0.29) is 19.1 Å². The Hall–Kier alpha value is -1.58. The van der Waals surface area contributed by atoms with Gasteiger partial charge in [0.1, 0.15) is 5.82 Å². The Morgan fingerprint density at radius 1 is 1.50 bits per heavy atom. The van der Waals surface area contributed by atoms with E-state index in [1.165, 1.54) is 0 Å². The molecule has 1 heterocycles. The standard InChI is InChI=1S/C11H14FN3O4S/c1-13-8-5-6-14(7-8)20(18,19)11-9(12)3-2-4-10(11)15(16)17/h2-4,8,13H,5-7H2,1H3. The average Bonchev–Trinajstić information content (AvgIpc) is 2.87. The van der Waals surface area contributed by atoms with Crippen molar-refractivity contribution in [3.05, 3.63) is 34.1 Å². The lowest BCUT2D eigenvalue weighted by molar-refractivity contribution is -0.388. The van der Waals surface area contributed by atoms with E-state index < -0.39 is 31.3 Å². The van der Waals surface area contributed by atoms with Crippen LogP contribution in [0, 0.1) is 15.9 Å². The predicted molar refractivity (Wildman–Crippen MR) is 69.3 cm³/mol. The van der Waals surface area contributed by atoms with Crippen LogP contribution in [0.15, 0.2) is 23.1 Å². The molecule has 1 atom stereocenters. The van der Waals surface area contributed by atoms with Gasteiger partial charge in [-0.25, -0.2) is 12.8 Å². The largest absolute Gasteiger partial charge is 0.316 e. The van der Waals surface area contributed by atoms with Crippen LogP contribution in [0.5, 0.6) is 0 Å². The molecule has 0 radical (unpaired) electrons. The second-order valence-corrected chi connectivity index (χ2v) is 6.36. The quantitative estimate of drug-likeness (QED) is 0.653. The fourth-order valence-corrected chi connectivity index (χ4v) is 3.91. The average molecular weight is 303 g/mol. The molecule has 0 aromatic heterocycles. The third-order valence-electron chi connectivity index (χ3n) is 3.30. The van der Waals surface area contributed by atoms with E-state index in [0.717, 1.165) is 22.5 Å². The highest BCUT2D eigenvalue weighted by Crippen LogP contribution is 2.30. The summed E-state index contributed by atoms with van der Waals surface area (Å²) in [6, 6.07) is 2.98. The number of hydrogen-bond acceptors (Lipinski definition) is 5. The third-order valence-corrected chi connectivity index (χ3v) is 5.23. The van der Waals surface area contributed by atoms with Crippen LogP contribution < -0.4 is 5.32 Å². The Bertz CT molecular complexity index is 635. The topological polar surface area (TPSA) is 92.6 Å². The van der Waals surface area contributed by atoms with Gasteiger partial charge in [0.2, 0.25) is 0 Å². The molecular weight excluding hydrogens is 289 g/mol. The molecular formula is C11H14FN3O4S. The van der Waals surface area contributed by atoms with Crippen LogP contribution in [-0.4, -0.2) is 43.8 Å². The molecule has 1 saturated heterocycles. The molecule has 1 aliphatic rings. The first-order valence-electron chi connectivity index (χ1n) is 5.98. The molecule has 9 heteroatoms. The summed E-state index contributed by atoms with van der Waals surface area (Å²) in [6.07, 6.45) is 0.581. The molecule has 110 valence electrons. The Labute approximate surface area is 115 Å². The molecule has 1 unspecified atom stereocenters. The number of rotatable bonds is 4. The van der Waals surface area contributed by atoms with Crippen molar-refractivity contribution < 1.29 is 17.7 Å². The first kappa shape index (κ1) is 14.8. The number of nitro groups is 1. The van der Waals surface area contributed by atoms with Crippen molar-refractivity contribution in [2.24, 2.45) is 0 Å². The van der Waals surface area contributed by atoms with Crippen LogP contribution in [0.3, 0.4) is 0 Å². The van der Waals surface area contributed by atoms with Crippen LogP contribution >= 0.6 is 0 Å². The van der Waals surface area contributed by atoms with Crippen molar-refractivity contribution in [3.63, 3.8) is 0 Å². The van der Waals surface area contributed by atoms with Crippen molar-refractivity contribution in [3.8, 4) is 0 Å². The summed E-state index contributed by atoms with van der Waals surface area (Å²) in [4.78, 5) is 9.15. The number of halogens is 1. The molecule has 1 aromatic carbocycles. The molecule has 0 spiro atoms. The van der Waals surface area contributed by atoms with Gasteiger partial charge in [0.25, 0.3) is 15.7 Å². The molecule has 0 aliphatic carbocycles. The van der Waals surface area contributed by atoms with Crippen LogP contribution in [-0.2, 0) is 10.0 Å². The predicted octanol–water partition coefficient (Wildman–Crippen LogP) is 0.716. The maximum Gasteiger partial charge on any atom is 0.292 e. The fraction of sp³-hybridized carbons (Fsp3) is 0.455. The zero-order chi connectivity index (χ0) is 14.9. The molecule has 0 saturated carbocycles. The number of hydrogen-bond donors (Lipinski definition) is 1.